The fourth-order valence-electron chi connectivity index (χ4n) is 2.81. The first-order valence-corrected chi connectivity index (χ1v) is 13.3. The molecule has 0 atom stereocenters. The van der Waals surface area contributed by atoms with E-state index in [1.807, 2.05) is 29.0 Å². The molecule has 10 heteroatoms. The van der Waals surface area contributed by atoms with Crippen LogP contribution in [0.25, 0.3) is 10.2 Å². The van der Waals surface area contributed by atoms with Crippen LogP contribution in [0.5, 0.6) is 5.75 Å². The Labute approximate surface area is 188 Å². The number of carbonyl (C=O) groups excluding carboxylic acids is 1. The Balaban J connectivity index is 1.85. The van der Waals surface area contributed by atoms with Crippen molar-refractivity contribution in [2.75, 3.05) is 24.9 Å². The van der Waals surface area contributed by atoms with Gasteiger partial charge in [0.05, 0.1) is 28.0 Å². The highest BCUT2D eigenvalue weighted by atomic mass is 35.5. The topological polar surface area (TPSA) is 77.7 Å². The quantitative estimate of drug-likeness (QED) is 0.482. The molecule has 0 saturated heterocycles. The van der Waals surface area contributed by atoms with Crippen molar-refractivity contribution in [1.29, 1.82) is 0 Å². The van der Waals surface area contributed by atoms with Crippen LogP contribution in [-0.4, -0.2) is 43.8 Å². The van der Waals surface area contributed by atoms with E-state index in [1.54, 1.807) is 18.9 Å². The first kappa shape index (κ1) is 22.9. The smallest absolute Gasteiger partial charge is 0.249 e. The molecule has 2 aromatic carbocycles. The van der Waals surface area contributed by atoms with Gasteiger partial charge in [-0.25, -0.2) is 8.42 Å². The molecule has 0 aliphatic rings. The van der Waals surface area contributed by atoms with Crippen LogP contribution in [0.2, 0.25) is 5.02 Å². The van der Waals surface area contributed by atoms with Gasteiger partial charge < -0.3 is 9.30 Å². The number of fused-ring (bicyclic) bond motifs is 1. The molecule has 0 aliphatic carbocycles. The normalized spacial score (nSPS) is 12.4. The van der Waals surface area contributed by atoms with Gasteiger partial charge in [-0.2, -0.15) is 16.8 Å². The van der Waals surface area contributed by atoms with Crippen molar-refractivity contribution in [3.8, 4) is 5.75 Å². The minimum Gasteiger partial charge on any atom is -0.497 e. The maximum Gasteiger partial charge on any atom is 0.249 e. The van der Waals surface area contributed by atoms with Gasteiger partial charge in [-0.05, 0) is 48.7 Å². The monoisotopic (exact) mass is 484 g/mol. The van der Waals surface area contributed by atoms with Gasteiger partial charge in [-0.1, -0.05) is 22.9 Å². The van der Waals surface area contributed by atoms with E-state index in [4.69, 9.17) is 16.3 Å². The van der Waals surface area contributed by atoms with E-state index >= 15 is 0 Å². The summed E-state index contributed by atoms with van der Waals surface area (Å²) in [4.78, 5) is 17.4. The number of carbonyl (C=O) groups is 1. The molecule has 3 rings (SSSR count). The van der Waals surface area contributed by atoms with Crippen molar-refractivity contribution < 1.29 is 17.9 Å². The predicted molar refractivity (Wildman–Crippen MR) is 123 cm³/mol. The number of rotatable bonds is 8. The summed E-state index contributed by atoms with van der Waals surface area (Å²) in [6, 6.07) is 11.6. The number of aryl methyl sites for hydroxylation is 1. The van der Waals surface area contributed by atoms with E-state index in [0.29, 0.717) is 16.4 Å². The molecule has 30 heavy (non-hydrogen) atoms. The van der Waals surface area contributed by atoms with E-state index in [2.05, 4.69) is 4.99 Å². The minimum atomic E-state index is -3.59. The van der Waals surface area contributed by atoms with E-state index in [0.717, 1.165) is 21.7 Å². The summed E-state index contributed by atoms with van der Waals surface area (Å²) in [6.45, 7) is 0.697. The number of thioether (sulfide) groups is 1. The third-order valence-electron chi connectivity index (χ3n) is 4.39. The lowest BCUT2D eigenvalue weighted by Crippen LogP contribution is -2.19. The second-order valence-electron chi connectivity index (χ2n) is 6.39. The summed E-state index contributed by atoms with van der Waals surface area (Å²) in [5.74, 6) is 0.821. The molecule has 6 nitrogen and oxygen atoms in total. The molecule has 3 aromatic rings. The molecular weight excluding hydrogens is 464 g/mol. The minimum absolute atomic E-state index is 0.142. The maximum atomic E-state index is 12.5. The van der Waals surface area contributed by atoms with Crippen molar-refractivity contribution in [1.82, 2.24) is 4.57 Å². The number of benzene rings is 2. The highest BCUT2D eigenvalue weighted by Crippen LogP contribution is 2.23. The zero-order chi connectivity index (χ0) is 21.7. The van der Waals surface area contributed by atoms with Gasteiger partial charge in [-0.3, -0.25) is 4.79 Å². The lowest BCUT2D eigenvalue weighted by atomic mass is 10.3. The van der Waals surface area contributed by atoms with Gasteiger partial charge in [0.2, 0.25) is 5.91 Å². The lowest BCUT2D eigenvalue weighted by molar-refractivity contribution is -0.117. The van der Waals surface area contributed by atoms with Crippen molar-refractivity contribution >= 4 is 60.7 Å². The fourth-order valence-corrected chi connectivity index (χ4v) is 5.63. The molecule has 160 valence electrons. The number of amides is 1. The number of aromatic nitrogens is 1. The van der Waals surface area contributed by atoms with Crippen LogP contribution in [0.1, 0.15) is 6.42 Å². The summed E-state index contributed by atoms with van der Waals surface area (Å²) in [6.07, 6.45) is 1.83. The fraction of sp³-hybridized carbons (Fsp3) is 0.300. The second kappa shape index (κ2) is 10.00. The summed E-state index contributed by atoms with van der Waals surface area (Å²) in [5.41, 5.74) is 0.968. The zero-order valence-electron chi connectivity index (χ0n) is 16.5. The molecule has 0 N–H and O–H groups in total. The number of halogens is 1. The van der Waals surface area contributed by atoms with Crippen LogP contribution in [0.3, 0.4) is 0 Å². The van der Waals surface area contributed by atoms with Crippen molar-refractivity contribution in [3.05, 3.63) is 52.3 Å². The van der Waals surface area contributed by atoms with Gasteiger partial charge in [0.25, 0.3) is 0 Å². The maximum absolute atomic E-state index is 12.5. The molecule has 0 saturated carbocycles. The summed E-state index contributed by atoms with van der Waals surface area (Å²) in [7, 11) is -1.98. The van der Waals surface area contributed by atoms with Crippen molar-refractivity contribution in [2.45, 2.75) is 17.9 Å². The number of thiazole rings is 1. The largest absolute Gasteiger partial charge is 0.497 e. The Bertz CT molecular complexity index is 1220. The first-order valence-electron chi connectivity index (χ1n) is 9.06. The molecule has 0 spiro atoms. The Kier molecular flexibility index (Phi) is 7.62. The Morgan fingerprint density at radius 2 is 1.97 bits per heavy atom. The standard InChI is InChI=1S/C20H21ClN2O4S3/c1-27-15-5-8-17-18(13-15)29-20(23(17)10-11-28-2)22-19(24)9-12-30(25,26)16-6-3-14(21)4-7-16/h3-8,13H,9-12H2,1-2H3. The van der Waals surface area contributed by atoms with Crippen LogP contribution >= 0.6 is 34.7 Å². The van der Waals surface area contributed by atoms with Crippen LogP contribution in [-0.2, 0) is 21.2 Å². The Hall–Kier alpha value is -1.81. The third-order valence-corrected chi connectivity index (χ3v) is 8.00. The molecule has 1 aromatic heterocycles. The van der Waals surface area contributed by atoms with Gasteiger partial charge in [0.1, 0.15) is 5.75 Å². The average molecular weight is 485 g/mol. The SMILES string of the molecule is COc1ccc2c(c1)sc(=NC(=O)CCS(=O)(=O)c1ccc(Cl)cc1)n2CCSC. The van der Waals surface area contributed by atoms with Crippen molar-refractivity contribution in [2.24, 2.45) is 4.99 Å². The summed E-state index contributed by atoms with van der Waals surface area (Å²) < 4.78 is 33.1. The molecule has 1 heterocycles. The van der Waals surface area contributed by atoms with E-state index in [9.17, 15) is 13.2 Å². The van der Waals surface area contributed by atoms with Crippen LogP contribution in [0, 0.1) is 0 Å². The molecule has 0 fully saturated rings. The molecule has 0 aliphatic heterocycles. The van der Waals surface area contributed by atoms with E-state index in [1.165, 1.54) is 35.6 Å². The number of methoxy groups -OCH3 is 1. The van der Waals surface area contributed by atoms with Crippen LogP contribution < -0.4 is 9.54 Å². The molecule has 0 radical (unpaired) electrons. The number of hydrogen-bond donors (Lipinski definition) is 0. The van der Waals surface area contributed by atoms with E-state index < -0.39 is 15.7 Å². The van der Waals surface area contributed by atoms with Crippen molar-refractivity contribution in [3.63, 3.8) is 0 Å². The van der Waals surface area contributed by atoms with Crippen LogP contribution in [0.4, 0.5) is 0 Å². The number of sulfone groups is 1. The number of ether oxygens (including phenoxy) is 1. The summed E-state index contributed by atoms with van der Waals surface area (Å²) in [5, 5.41) is 0.455. The van der Waals surface area contributed by atoms with E-state index in [-0.39, 0.29) is 17.1 Å². The highest BCUT2D eigenvalue weighted by molar-refractivity contribution is 7.98. The summed E-state index contributed by atoms with van der Waals surface area (Å²) >= 11 is 8.89. The number of nitrogens with zero attached hydrogens (tertiary/aromatic N) is 2. The average Bonchev–Trinajstić information content (AvgIpc) is 3.07. The van der Waals surface area contributed by atoms with Gasteiger partial charge in [0, 0.05) is 23.7 Å². The van der Waals surface area contributed by atoms with Gasteiger partial charge >= 0.3 is 0 Å². The molecule has 0 unspecified atom stereocenters. The Morgan fingerprint density at radius 1 is 1.23 bits per heavy atom. The lowest BCUT2D eigenvalue weighted by Gasteiger charge is -2.05. The van der Waals surface area contributed by atoms with Gasteiger partial charge in [-0.15, -0.1) is 0 Å². The third kappa shape index (κ3) is 5.46. The predicted octanol–water partition coefficient (Wildman–Crippen LogP) is 4.02. The second-order valence-corrected chi connectivity index (χ2v) is 10.9. The first-order chi connectivity index (χ1) is 14.3. The molecule has 1 amide bonds. The molecule has 0 bridgehead atoms. The zero-order valence-corrected chi connectivity index (χ0v) is 19.7. The Morgan fingerprint density at radius 3 is 2.63 bits per heavy atom. The van der Waals surface area contributed by atoms with Crippen LogP contribution in [0.15, 0.2) is 52.4 Å². The number of hydrogen-bond acceptors (Lipinski definition) is 6. The van der Waals surface area contributed by atoms with Gasteiger partial charge in [0.15, 0.2) is 14.6 Å². The molecular formula is C20H21ClN2O4S3. The highest BCUT2D eigenvalue weighted by Gasteiger charge is 2.17.